The number of carbonyl (C=O) groups is 1. The smallest absolute Gasteiger partial charge is 0.226 e. The third-order valence-corrected chi connectivity index (χ3v) is 6.35. The van der Waals surface area contributed by atoms with E-state index in [0.717, 1.165) is 38.0 Å². The van der Waals surface area contributed by atoms with Crippen molar-refractivity contribution in [1.82, 2.24) is 14.8 Å². The second kappa shape index (κ2) is 7.20. The summed E-state index contributed by atoms with van der Waals surface area (Å²) in [4.78, 5) is 21.3. The van der Waals surface area contributed by atoms with Gasteiger partial charge in [-0.05, 0) is 55.5 Å². The summed E-state index contributed by atoms with van der Waals surface area (Å²) in [5, 5.41) is 0. The van der Waals surface area contributed by atoms with E-state index in [4.69, 9.17) is 0 Å². The molecule has 1 aromatic carbocycles. The van der Waals surface area contributed by atoms with Crippen LogP contribution in [0.4, 0.5) is 0 Å². The quantitative estimate of drug-likeness (QED) is 0.854. The van der Waals surface area contributed by atoms with Gasteiger partial charge in [0.05, 0.1) is 6.42 Å². The van der Waals surface area contributed by atoms with Crippen molar-refractivity contribution in [3.8, 4) is 0 Å². The molecular weight excluding hydrogens is 322 g/mol. The molecule has 3 heterocycles. The molecule has 0 radical (unpaired) electrons. The topological polar surface area (TPSA) is 36.4 Å². The van der Waals surface area contributed by atoms with Crippen LogP contribution in [0.25, 0.3) is 0 Å². The zero-order valence-corrected chi connectivity index (χ0v) is 15.5. The van der Waals surface area contributed by atoms with Gasteiger partial charge in [0, 0.05) is 37.6 Å². The van der Waals surface area contributed by atoms with Crippen LogP contribution in [0, 0.1) is 0 Å². The summed E-state index contributed by atoms with van der Waals surface area (Å²) in [6, 6.07) is 14.7. The minimum atomic E-state index is 0.242. The van der Waals surface area contributed by atoms with Gasteiger partial charge in [0.2, 0.25) is 5.91 Å². The number of amides is 1. The number of benzene rings is 1. The fourth-order valence-electron chi connectivity index (χ4n) is 4.70. The number of hydrogen-bond acceptors (Lipinski definition) is 3. The standard InChI is InChI=1S/C22H27N3O/c1-24-17-20(19-5-3-2-4-6-19)16-22(24)9-13-25(14-10-22)21(26)15-18-7-11-23-12-8-18/h2-8,11-12,20H,9-10,13-17H2,1H3/t20-/m1/s1. The summed E-state index contributed by atoms with van der Waals surface area (Å²) >= 11 is 0. The molecule has 2 fully saturated rings. The maximum absolute atomic E-state index is 12.6. The van der Waals surface area contributed by atoms with Crippen LogP contribution in [0.3, 0.4) is 0 Å². The largest absolute Gasteiger partial charge is 0.342 e. The number of nitrogens with zero attached hydrogens (tertiary/aromatic N) is 3. The molecule has 2 aliphatic rings. The lowest BCUT2D eigenvalue weighted by atomic mass is 9.81. The van der Waals surface area contributed by atoms with Gasteiger partial charge in [0.15, 0.2) is 0 Å². The molecule has 0 saturated carbocycles. The molecule has 1 aromatic heterocycles. The predicted octanol–water partition coefficient (Wildman–Crippen LogP) is 3.10. The van der Waals surface area contributed by atoms with Gasteiger partial charge in [0.1, 0.15) is 0 Å². The Bertz CT molecular complexity index is 738. The number of carbonyl (C=O) groups excluding carboxylic acids is 1. The van der Waals surface area contributed by atoms with E-state index in [1.54, 1.807) is 12.4 Å². The van der Waals surface area contributed by atoms with Gasteiger partial charge >= 0.3 is 0 Å². The molecule has 4 rings (SSSR count). The zero-order chi connectivity index (χ0) is 18.0. The first-order chi connectivity index (χ1) is 12.7. The first kappa shape index (κ1) is 17.2. The Labute approximate surface area is 155 Å². The molecule has 0 bridgehead atoms. The van der Waals surface area contributed by atoms with Crippen LogP contribution in [-0.2, 0) is 11.2 Å². The first-order valence-corrected chi connectivity index (χ1v) is 9.59. The number of likely N-dealkylation sites (tertiary alicyclic amines) is 2. The predicted molar refractivity (Wildman–Crippen MR) is 103 cm³/mol. The minimum absolute atomic E-state index is 0.242. The Morgan fingerprint density at radius 1 is 1.12 bits per heavy atom. The fraction of sp³-hybridized carbons (Fsp3) is 0.455. The second-order valence-corrected chi connectivity index (χ2v) is 7.83. The third-order valence-electron chi connectivity index (χ3n) is 6.35. The third kappa shape index (κ3) is 3.38. The van der Waals surface area contributed by atoms with Crippen molar-refractivity contribution in [2.75, 3.05) is 26.7 Å². The Hall–Kier alpha value is -2.20. The highest BCUT2D eigenvalue weighted by molar-refractivity contribution is 5.78. The van der Waals surface area contributed by atoms with Crippen LogP contribution in [0.1, 0.15) is 36.3 Å². The molecule has 0 aliphatic carbocycles. The summed E-state index contributed by atoms with van der Waals surface area (Å²) in [5.41, 5.74) is 2.76. The summed E-state index contributed by atoms with van der Waals surface area (Å²) < 4.78 is 0. The molecular formula is C22H27N3O. The van der Waals surface area contributed by atoms with Crippen LogP contribution in [0.2, 0.25) is 0 Å². The van der Waals surface area contributed by atoms with Crippen molar-refractivity contribution in [3.63, 3.8) is 0 Å². The maximum Gasteiger partial charge on any atom is 0.226 e. The van der Waals surface area contributed by atoms with Crippen LogP contribution >= 0.6 is 0 Å². The average Bonchev–Trinajstić information content (AvgIpc) is 3.00. The monoisotopic (exact) mass is 349 g/mol. The van der Waals surface area contributed by atoms with Gasteiger partial charge in [-0.15, -0.1) is 0 Å². The van der Waals surface area contributed by atoms with E-state index in [-0.39, 0.29) is 11.4 Å². The molecule has 1 amide bonds. The molecule has 0 N–H and O–H groups in total. The molecule has 1 spiro atoms. The van der Waals surface area contributed by atoms with Crippen LogP contribution in [-0.4, -0.2) is 52.9 Å². The summed E-state index contributed by atoms with van der Waals surface area (Å²) in [7, 11) is 2.26. The number of rotatable bonds is 3. The molecule has 4 heteroatoms. The average molecular weight is 349 g/mol. The Morgan fingerprint density at radius 2 is 1.81 bits per heavy atom. The summed E-state index contributed by atoms with van der Waals surface area (Å²) in [6.45, 7) is 2.86. The zero-order valence-electron chi connectivity index (χ0n) is 15.5. The number of aromatic nitrogens is 1. The highest BCUT2D eigenvalue weighted by atomic mass is 16.2. The molecule has 2 aromatic rings. The SMILES string of the molecule is CN1C[C@H](c2ccccc2)CC12CCN(C(=O)Cc1ccncc1)CC2. The van der Waals surface area contributed by atoms with Crippen molar-refractivity contribution >= 4 is 5.91 Å². The van der Waals surface area contributed by atoms with Gasteiger partial charge in [0.25, 0.3) is 0 Å². The van der Waals surface area contributed by atoms with E-state index >= 15 is 0 Å². The number of pyridine rings is 1. The highest BCUT2D eigenvalue weighted by Gasteiger charge is 2.46. The number of hydrogen-bond donors (Lipinski definition) is 0. The van der Waals surface area contributed by atoms with E-state index in [9.17, 15) is 4.79 Å². The Kier molecular flexibility index (Phi) is 4.77. The fourth-order valence-corrected chi connectivity index (χ4v) is 4.70. The van der Waals surface area contributed by atoms with Crippen molar-refractivity contribution in [3.05, 3.63) is 66.0 Å². The lowest BCUT2D eigenvalue weighted by Crippen LogP contribution is -2.52. The van der Waals surface area contributed by atoms with Crippen LogP contribution in [0.15, 0.2) is 54.9 Å². The maximum atomic E-state index is 12.6. The van der Waals surface area contributed by atoms with E-state index in [1.165, 1.54) is 12.0 Å². The van der Waals surface area contributed by atoms with Gasteiger partial charge in [-0.1, -0.05) is 30.3 Å². The molecule has 2 saturated heterocycles. The molecule has 2 aliphatic heterocycles. The number of piperidine rings is 1. The van der Waals surface area contributed by atoms with Crippen molar-refractivity contribution in [2.45, 2.75) is 37.1 Å². The first-order valence-electron chi connectivity index (χ1n) is 9.59. The van der Waals surface area contributed by atoms with E-state index in [1.807, 2.05) is 12.1 Å². The Balaban J connectivity index is 1.37. The van der Waals surface area contributed by atoms with E-state index < -0.39 is 0 Å². The molecule has 0 unspecified atom stereocenters. The van der Waals surface area contributed by atoms with Crippen molar-refractivity contribution in [2.24, 2.45) is 0 Å². The molecule has 26 heavy (non-hydrogen) atoms. The normalized spacial score (nSPS) is 22.7. The lowest BCUT2D eigenvalue weighted by molar-refractivity contribution is -0.132. The van der Waals surface area contributed by atoms with Gasteiger partial charge < -0.3 is 4.90 Å². The molecule has 136 valence electrons. The van der Waals surface area contributed by atoms with E-state index in [0.29, 0.717) is 12.3 Å². The van der Waals surface area contributed by atoms with Gasteiger partial charge in [-0.25, -0.2) is 0 Å². The van der Waals surface area contributed by atoms with Crippen molar-refractivity contribution in [1.29, 1.82) is 0 Å². The van der Waals surface area contributed by atoms with E-state index in [2.05, 4.69) is 52.2 Å². The second-order valence-electron chi connectivity index (χ2n) is 7.83. The van der Waals surface area contributed by atoms with Crippen molar-refractivity contribution < 1.29 is 4.79 Å². The number of likely N-dealkylation sites (N-methyl/N-ethyl adjacent to an activating group) is 1. The lowest BCUT2D eigenvalue weighted by Gasteiger charge is -2.43. The Morgan fingerprint density at radius 3 is 2.50 bits per heavy atom. The van der Waals surface area contributed by atoms with Gasteiger partial charge in [-0.2, -0.15) is 0 Å². The highest BCUT2D eigenvalue weighted by Crippen LogP contribution is 2.43. The summed E-state index contributed by atoms with van der Waals surface area (Å²) in [6.07, 6.45) is 7.36. The van der Waals surface area contributed by atoms with Crippen LogP contribution in [0.5, 0.6) is 0 Å². The summed E-state index contributed by atoms with van der Waals surface area (Å²) in [5.74, 6) is 0.853. The van der Waals surface area contributed by atoms with Crippen LogP contribution < -0.4 is 0 Å². The molecule has 1 atom stereocenters. The minimum Gasteiger partial charge on any atom is -0.342 e. The van der Waals surface area contributed by atoms with Gasteiger partial charge in [-0.3, -0.25) is 14.7 Å². The molecule has 4 nitrogen and oxygen atoms in total.